The van der Waals surface area contributed by atoms with Crippen molar-refractivity contribution in [3.8, 4) is 5.75 Å². The molecule has 0 aliphatic rings. The SMILES string of the molecule is CC(C)(C)[Si](C)(C)OCC(Oc1cc(Br)cn2ncc(F)c12)c1ccc(F)cn1. The smallest absolute Gasteiger partial charge is 0.192 e. The number of hydrogen-bond donors (Lipinski definition) is 0. The minimum atomic E-state index is -2.07. The molecule has 1 atom stereocenters. The lowest BCUT2D eigenvalue weighted by Gasteiger charge is -2.37. The molecule has 3 heterocycles. The van der Waals surface area contributed by atoms with Crippen molar-refractivity contribution in [2.75, 3.05) is 6.61 Å². The molecular weight excluding hydrogens is 460 g/mol. The van der Waals surface area contributed by atoms with Crippen LogP contribution in [0.2, 0.25) is 18.1 Å². The molecule has 0 fully saturated rings. The first-order valence-corrected chi connectivity index (χ1v) is 12.9. The van der Waals surface area contributed by atoms with Crippen LogP contribution in [-0.2, 0) is 4.43 Å². The van der Waals surface area contributed by atoms with Crippen LogP contribution in [0, 0.1) is 11.6 Å². The summed E-state index contributed by atoms with van der Waals surface area (Å²) in [5, 5.41) is 4.00. The van der Waals surface area contributed by atoms with Crippen molar-refractivity contribution in [3.05, 3.63) is 58.6 Å². The molecule has 1 unspecified atom stereocenters. The van der Waals surface area contributed by atoms with Crippen LogP contribution in [0.15, 0.2) is 41.3 Å². The van der Waals surface area contributed by atoms with Crippen LogP contribution in [0.3, 0.4) is 0 Å². The number of fused-ring (bicyclic) bond motifs is 1. The summed E-state index contributed by atoms with van der Waals surface area (Å²) in [5.74, 6) is -0.641. The van der Waals surface area contributed by atoms with Gasteiger partial charge >= 0.3 is 0 Å². The predicted molar refractivity (Wildman–Crippen MR) is 114 cm³/mol. The Morgan fingerprint density at radius 2 is 1.93 bits per heavy atom. The van der Waals surface area contributed by atoms with Crippen LogP contribution in [-0.4, -0.2) is 29.5 Å². The fourth-order valence-corrected chi connectivity index (χ4v) is 3.92. The van der Waals surface area contributed by atoms with Crippen LogP contribution >= 0.6 is 15.9 Å². The topological polar surface area (TPSA) is 48.7 Å². The van der Waals surface area contributed by atoms with E-state index in [1.807, 2.05) is 0 Å². The monoisotopic (exact) mass is 483 g/mol. The highest BCUT2D eigenvalue weighted by atomic mass is 79.9. The van der Waals surface area contributed by atoms with E-state index >= 15 is 0 Å². The molecule has 0 saturated heterocycles. The van der Waals surface area contributed by atoms with Crippen molar-refractivity contribution < 1.29 is 17.9 Å². The van der Waals surface area contributed by atoms with Gasteiger partial charge in [0.2, 0.25) is 0 Å². The first kappa shape index (κ1) is 21.9. The lowest BCUT2D eigenvalue weighted by atomic mass is 10.2. The van der Waals surface area contributed by atoms with Crippen molar-refractivity contribution in [1.29, 1.82) is 0 Å². The zero-order valence-electron chi connectivity index (χ0n) is 17.0. The quantitative estimate of drug-likeness (QED) is 0.408. The van der Waals surface area contributed by atoms with E-state index in [1.54, 1.807) is 18.3 Å². The second-order valence-electron chi connectivity index (χ2n) is 8.39. The Hall–Kier alpha value is -1.84. The summed E-state index contributed by atoms with van der Waals surface area (Å²) in [6.45, 7) is 10.9. The van der Waals surface area contributed by atoms with Gasteiger partial charge in [-0.1, -0.05) is 20.8 Å². The summed E-state index contributed by atoms with van der Waals surface area (Å²) in [6, 6.07) is 4.54. The second-order valence-corrected chi connectivity index (χ2v) is 14.1. The van der Waals surface area contributed by atoms with E-state index in [4.69, 9.17) is 9.16 Å². The average Bonchev–Trinajstić information content (AvgIpc) is 2.99. The molecule has 5 nitrogen and oxygen atoms in total. The highest BCUT2D eigenvalue weighted by Crippen LogP contribution is 2.38. The second kappa shape index (κ2) is 8.12. The van der Waals surface area contributed by atoms with Crippen LogP contribution in [0.5, 0.6) is 5.75 Å². The van der Waals surface area contributed by atoms with E-state index in [-0.39, 0.29) is 17.2 Å². The van der Waals surface area contributed by atoms with Gasteiger partial charge in [-0.3, -0.25) is 4.98 Å². The van der Waals surface area contributed by atoms with Gasteiger partial charge in [-0.15, -0.1) is 0 Å². The molecule has 0 radical (unpaired) electrons. The molecule has 3 aromatic rings. The highest BCUT2D eigenvalue weighted by Gasteiger charge is 2.38. The van der Waals surface area contributed by atoms with E-state index in [0.717, 1.165) is 12.4 Å². The molecule has 0 spiro atoms. The molecule has 0 aromatic carbocycles. The minimum absolute atomic E-state index is 0.00831. The maximum absolute atomic E-state index is 14.3. The molecule has 156 valence electrons. The number of pyridine rings is 2. The largest absolute Gasteiger partial charge is 0.479 e. The third-order valence-electron chi connectivity index (χ3n) is 5.25. The first-order chi connectivity index (χ1) is 13.5. The molecule has 0 saturated carbocycles. The van der Waals surface area contributed by atoms with Gasteiger partial charge in [0, 0.05) is 10.7 Å². The van der Waals surface area contributed by atoms with Gasteiger partial charge in [0.15, 0.2) is 20.2 Å². The van der Waals surface area contributed by atoms with Crippen molar-refractivity contribution in [2.45, 2.75) is 45.0 Å². The maximum Gasteiger partial charge on any atom is 0.192 e. The molecule has 0 N–H and O–H groups in total. The summed E-state index contributed by atoms with van der Waals surface area (Å²) in [4.78, 5) is 4.16. The van der Waals surface area contributed by atoms with Gasteiger partial charge in [-0.05, 0) is 52.3 Å². The van der Waals surface area contributed by atoms with Crippen molar-refractivity contribution >= 4 is 29.8 Å². The van der Waals surface area contributed by atoms with Crippen LogP contribution in [0.4, 0.5) is 8.78 Å². The summed E-state index contributed by atoms with van der Waals surface area (Å²) in [6.07, 6.45) is 3.26. The molecule has 0 aliphatic heterocycles. The lowest BCUT2D eigenvalue weighted by molar-refractivity contribution is 0.118. The molecule has 3 rings (SSSR count). The molecular formula is C20H24BrF2N3O2Si. The standard InChI is InChI=1S/C20H24BrF2N3O2Si/c1-20(2,3)29(4,5)27-12-18(16-7-6-14(22)9-24-16)28-17-8-13(21)11-26-19(17)15(23)10-25-26/h6-11,18H,12H2,1-5H3. The number of ether oxygens (including phenoxy) is 1. The predicted octanol–water partition coefficient (Wildman–Crippen LogP) is 5.91. The highest BCUT2D eigenvalue weighted by molar-refractivity contribution is 9.10. The Morgan fingerprint density at radius 3 is 2.55 bits per heavy atom. The van der Waals surface area contributed by atoms with E-state index in [9.17, 15) is 8.78 Å². The van der Waals surface area contributed by atoms with Gasteiger partial charge in [0.05, 0.1) is 24.7 Å². The normalized spacial score (nSPS) is 13.7. The Kier molecular flexibility index (Phi) is 6.12. The number of aromatic nitrogens is 3. The number of hydrogen-bond acceptors (Lipinski definition) is 4. The Balaban J connectivity index is 1.96. The van der Waals surface area contributed by atoms with Gasteiger partial charge in [0.1, 0.15) is 17.1 Å². The fourth-order valence-electron chi connectivity index (χ4n) is 2.52. The van der Waals surface area contributed by atoms with Crippen molar-refractivity contribution in [2.24, 2.45) is 0 Å². The molecule has 9 heteroatoms. The molecule has 0 bridgehead atoms. The third kappa shape index (κ3) is 4.84. The van der Waals surface area contributed by atoms with E-state index in [1.165, 1.54) is 10.6 Å². The number of halogens is 3. The van der Waals surface area contributed by atoms with Gasteiger partial charge in [-0.25, -0.2) is 13.3 Å². The van der Waals surface area contributed by atoms with Crippen LogP contribution in [0.25, 0.3) is 5.52 Å². The van der Waals surface area contributed by atoms with Crippen molar-refractivity contribution in [1.82, 2.24) is 14.6 Å². The Labute approximate surface area is 178 Å². The summed E-state index contributed by atoms with van der Waals surface area (Å²) in [7, 11) is -2.07. The van der Waals surface area contributed by atoms with Crippen LogP contribution in [0.1, 0.15) is 32.6 Å². The summed E-state index contributed by atoms with van der Waals surface area (Å²) < 4.78 is 42.3. The zero-order valence-corrected chi connectivity index (χ0v) is 19.6. The van der Waals surface area contributed by atoms with Gasteiger partial charge in [0.25, 0.3) is 0 Å². The number of nitrogens with zero attached hydrogens (tertiary/aromatic N) is 3. The van der Waals surface area contributed by atoms with E-state index in [2.05, 4.69) is 59.9 Å². The van der Waals surface area contributed by atoms with Gasteiger partial charge in [-0.2, -0.15) is 5.10 Å². The zero-order chi connectivity index (χ0) is 21.4. The van der Waals surface area contributed by atoms with Gasteiger partial charge < -0.3 is 9.16 Å². The third-order valence-corrected chi connectivity index (χ3v) is 10.2. The average molecular weight is 484 g/mol. The molecule has 3 aromatic heterocycles. The molecule has 0 aliphatic carbocycles. The minimum Gasteiger partial charge on any atom is -0.479 e. The maximum atomic E-state index is 14.3. The molecule has 29 heavy (non-hydrogen) atoms. The lowest BCUT2D eigenvalue weighted by Crippen LogP contribution is -2.42. The van der Waals surface area contributed by atoms with E-state index in [0.29, 0.717) is 15.9 Å². The Morgan fingerprint density at radius 1 is 1.21 bits per heavy atom. The fraction of sp³-hybridized carbons (Fsp3) is 0.400. The van der Waals surface area contributed by atoms with Crippen molar-refractivity contribution in [3.63, 3.8) is 0 Å². The first-order valence-electron chi connectivity index (χ1n) is 9.22. The van der Waals surface area contributed by atoms with Crippen LogP contribution < -0.4 is 4.74 Å². The molecule has 0 amide bonds. The Bertz CT molecular complexity index is 1000. The summed E-state index contributed by atoms with van der Waals surface area (Å²) >= 11 is 3.39. The van der Waals surface area contributed by atoms with E-state index < -0.39 is 26.1 Å². The number of rotatable bonds is 6. The summed E-state index contributed by atoms with van der Waals surface area (Å²) in [5.41, 5.74) is 0.718.